The Labute approximate surface area is 143 Å². The second-order valence-corrected chi connectivity index (χ2v) is 7.14. The lowest BCUT2D eigenvalue weighted by molar-refractivity contribution is 0.528. The first-order valence-corrected chi connectivity index (χ1v) is 8.74. The molecule has 0 atom stereocenters. The first-order valence-electron chi connectivity index (χ1n) is 6.17. The second kappa shape index (κ2) is 6.77. The first kappa shape index (κ1) is 14.8. The third-order valence-corrected chi connectivity index (χ3v) is 4.66. The first-order chi connectivity index (χ1) is 10.2. The number of hydrogen-bond donors (Lipinski definition) is 0. The van der Waals surface area contributed by atoms with Crippen molar-refractivity contribution >= 4 is 43.6 Å². The summed E-state index contributed by atoms with van der Waals surface area (Å²) in [5.41, 5.74) is 0.913. The van der Waals surface area contributed by atoms with Gasteiger partial charge in [0.2, 0.25) is 11.8 Å². The van der Waals surface area contributed by atoms with Gasteiger partial charge in [-0.2, -0.15) is 0 Å². The van der Waals surface area contributed by atoms with Crippen LogP contribution < -0.4 is 0 Å². The highest BCUT2D eigenvalue weighted by molar-refractivity contribution is 9.10. The standard InChI is InChI=1S/C15H10Br2N2OS/c16-11-4-1-3-10(7-11)15-19-18-14(20-15)9-21-13-6-2-5-12(17)8-13/h1-8H,9H2. The number of nitrogens with zero attached hydrogens (tertiary/aromatic N) is 2. The van der Waals surface area contributed by atoms with Crippen LogP contribution in [0.1, 0.15) is 5.89 Å². The minimum absolute atomic E-state index is 0.543. The molecule has 2 aromatic carbocycles. The molecule has 0 radical (unpaired) electrons. The van der Waals surface area contributed by atoms with Crippen molar-refractivity contribution in [3.8, 4) is 11.5 Å². The molecule has 0 unspecified atom stereocenters. The fourth-order valence-electron chi connectivity index (χ4n) is 1.75. The molecule has 0 fully saturated rings. The van der Waals surface area contributed by atoms with Gasteiger partial charge < -0.3 is 4.42 Å². The normalized spacial score (nSPS) is 10.8. The largest absolute Gasteiger partial charge is 0.420 e. The van der Waals surface area contributed by atoms with Gasteiger partial charge in [-0.05, 0) is 36.4 Å². The van der Waals surface area contributed by atoms with Crippen LogP contribution in [0.4, 0.5) is 0 Å². The summed E-state index contributed by atoms with van der Waals surface area (Å²) in [5, 5.41) is 8.19. The van der Waals surface area contributed by atoms with Gasteiger partial charge in [0.15, 0.2) is 0 Å². The predicted octanol–water partition coefficient (Wildman–Crippen LogP) is 5.55. The van der Waals surface area contributed by atoms with Crippen LogP contribution in [0.15, 0.2) is 66.8 Å². The molecule has 0 aliphatic heterocycles. The van der Waals surface area contributed by atoms with Crippen molar-refractivity contribution in [1.29, 1.82) is 0 Å². The SMILES string of the molecule is Brc1cccc(SCc2nnc(-c3cccc(Br)c3)o2)c1. The molecular weight excluding hydrogens is 416 g/mol. The number of aromatic nitrogens is 2. The van der Waals surface area contributed by atoms with Gasteiger partial charge in [-0.1, -0.05) is 44.0 Å². The van der Waals surface area contributed by atoms with Crippen LogP contribution in [0.5, 0.6) is 0 Å². The second-order valence-electron chi connectivity index (χ2n) is 4.26. The van der Waals surface area contributed by atoms with E-state index in [-0.39, 0.29) is 0 Å². The minimum Gasteiger partial charge on any atom is -0.420 e. The molecule has 3 nitrogen and oxygen atoms in total. The van der Waals surface area contributed by atoms with Gasteiger partial charge in [-0.15, -0.1) is 22.0 Å². The van der Waals surface area contributed by atoms with Crippen molar-refractivity contribution in [2.75, 3.05) is 0 Å². The van der Waals surface area contributed by atoms with Crippen LogP contribution in [0.25, 0.3) is 11.5 Å². The molecule has 0 saturated heterocycles. The number of benzene rings is 2. The Morgan fingerprint density at radius 2 is 1.71 bits per heavy atom. The van der Waals surface area contributed by atoms with Gasteiger partial charge in [0.1, 0.15) is 0 Å². The summed E-state index contributed by atoms with van der Waals surface area (Å²) < 4.78 is 7.75. The van der Waals surface area contributed by atoms with Crippen LogP contribution in [0.3, 0.4) is 0 Å². The van der Waals surface area contributed by atoms with Crippen molar-refractivity contribution in [2.45, 2.75) is 10.6 Å². The highest BCUT2D eigenvalue weighted by atomic mass is 79.9. The zero-order valence-electron chi connectivity index (χ0n) is 10.8. The summed E-state index contributed by atoms with van der Waals surface area (Å²) in [6.45, 7) is 0. The van der Waals surface area contributed by atoms with E-state index in [1.54, 1.807) is 11.8 Å². The third kappa shape index (κ3) is 3.96. The Bertz CT molecular complexity index is 761. The number of thioether (sulfide) groups is 1. The van der Waals surface area contributed by atoms with E-state index in [1.807, 2.05) is 36.4 Å². The summed E-state index contributed by atoms with van der Waals surface area (Å²) >= 11 is 8.56. The highest BCUT2D eigenvalue weighted by Crippen LogP contribution is 2.27. The number of hydrogen-bond acceptors (Lipinski definition) is 4. The average Bonchev–Trinajstić information content (AvgIpc) is 2.94. The van der Waals surface area contributed by atoms with Crippen LogP contribution in [-0.4, -0.2) is 10.2 Å². The number of halogens is 2. The molecule has 3 aromatic rings. The zero-order valence-corrected chi connectivity index (χ0v) is 14.8. The monoisotopic (exact) mass is 424 g/mol. The van der Waals surface area contributed by atoms with Crippen LogP contribution >= 0.6 is 43.6 Å². The fourth-order valence-corrected chi connectivity index (χ4v) is 3.49. The van der Waals surface area contributed by atoms with Crippen molar-refractivity contribution < 1.29 is 4.42 Å². The van der Waals surface area contributed by atoms with E-state index in [0.717, 1.165) is 19.4 Å². The lowest BCUT2D eigenvalue weighted by Gasteiger charge is -1.99. The third-order valence-electron chi connectivity index (χ3n) is 2.70. The van der Waals surface area contributed by atoms with Crippen molar-refractivity contribution in [2.24, 2.45) is 0 Å². The summed E-state index contributed by atoms with van der Waals surface area (Å²) in [6.07, 6.45) is 0. The smallest absolute Gasteiger partial charge is 0.247 e. The van der Waals surface area contributed by atoms with Gasteiger partial charge in [-0.3, -0.25) is 0 Å². The molecule has 0 aliphatic carbocycles. The Morgan fingerprint density at radius 1 is 0.952 bits per heavy atom. The Kier molecular flexibility index (Phi) is 4.77. The van der Waals surface area contributed by atoms with Crippen LogP contribution in [-0.2, 0) is 5.75 Å². The quantitative estimate of drug-likeness (QED) is 0.513. The van der Waals surface area contributed by atoms with E-state index in [9.17, 15) is 0 Å². The lowest BCUT2D eigenvalue weighted by atomic mass is 10.2. The molecule has 0 bridgehead atoms. The molecular formula is C15H10Br2N2OS. The maximum Gasteiger partial charge on any atom is 0.247 e. The minimum atomic E-state index is 0.543. The Balaban J connectivity index is 1.71. The van der Waals surface area contributed by atoms with Crippen molar-refractivity contribution in [3.05, 3.63) is 63.4 Å². The number of rotatable bonds is 4. The fraction of sp³-hybridized carbons (Fsp3) is 0.0667. The van der Waals surface area contributed by atoms with E-state index >= 15 is 0 Å². The maximum absolute atomic E-state index is 5.70. The van der Waals surface area contributed by atoms with Crippen LogP contribution in [0, 0.1) is 0 Å². The van der Waals surface area contributed by atoms with E-state index in [2.05, 4.69) is 54.2 Å². The van der Waals surface area contributed by atoms with Crippen molar-refractivity contribution in [3.63, 3.8) is 0 Å². The predicted molar refractivity (Wildman–Crippen MR) is 91.1 cm³/mol. The molecule has 0 spiro atoms. The van der Waals surface area contributed by atoms with Gasteiger partial charge >= 0.3 is 0 Å². The summed E-state index contributed by atoms with van der Waals surface area (Å²) in [6, 6.07) is 15.9. The van der Waals surface area contributed by atoms with Gasteiger partial charge in [0, 0.05) is 19.4 Å². The molecule has 1 heterocycles. The zero-order chi connectivity index (χ0) is 14.7. The molecule has 106 valence electrons. The maximum atomic E-state index is 5.70. The van der Waals surface area contributed by atoms with E-state index in [1.165, 1.54) is 0 Å². The van der Waals surface area contributed by atoms with Gasteiger partial charge in [-0.25, -0.2) is 0 Å². The summed E-state index contributed by atoms with van der Waals surface area (Å²) in [5.74, 6) is 1.81. The van der Waals surface area contributed by atoms with Crippen LogP contribution in [0.2, 0.25) is 0 Å². The van der Waals surface area contributed by atoms with E-state index in [4.69, 9.17) is 4.42 Å². The Hall–Kier alpha value is -1.11. The van der Waals surface area contributed by atoms with Gasteiger partial charge in [0.25, 0.3) is 0 Å². The van der Waals surface area contributed by atoms with E-state index in [0.29, 0.717) is 17.5 Å². The van der Waals surface area contributed by atoms with E-state index < -0.39 is 0 Å². The molecule has 21 heavy (non-hydrogen) atoms. The molecule has 3 rings (SSSR count). The Morgan fingerprint density at radius 3 is 2.48 bits per heavy atom. The molecule has 0 N–H and O–H groups in total. The molecule has 0 aliphatic rings. The average molecular weight is 426 g/mol. The lowest BCUT2D eigenvalue weighted by Crippen LogP contribution is -1.80. The molecule has 0 saturated carbocycles. The highest BCUT2D eigenvalue weighted by Gasteiger charge is 2.09. The summed E-state index contributed by atoms with van der Waals surface area (Å²) in [4.78, 5) is 1.16. The topological polar surface area (TPSA) is 38.9 Å². The molecule has 1 aromatic heterocycles. The van der Waals surface area contributed by atoms with Gasteiger partial charge in [0.05, 0.1) is 5.75 Å². The molecule has 0 amide bonds. The molecule has 6 heteroatoms. The van der Waals surface area contributed by atoms with Crippen molar-refractivity contribution in [1.82, 2.24) is 10.2 Å². The summed E-state index contributed by atoms with van der Waals surface area (Å²) in [7, 11) is 0.